The molecular formula is C14H20N2O2. The zero-order valence-corrected chi connectivity index (χ0v) is 11.4. The van der Waals surface area contributed by atoms with Gasteiger partial charge in [-0.1, -0.05) is 0 Å². The van der Waals surface area contributed by atoms with Crippen LogP contribution >= 0.6 is 0 Å². The minimum atomic E-state index is -0.441. The third kappa shape index (κ3) is 1.97. The number of amides is 1. The van der Waals surface area contributed by atoms with Gasteiger partial charge in [0.2, 0.25) is 5.91 Å². The Bertz CT molecular complexity index is 469. The van der Waals surface area contributed by atoms with Crippen LogP contribution in [0.5, 0.6) is 0 Å². The van der Waals surface area contributed by atoms with Gasteiger partial charge in [-0.15, -0.1) is 0 Å². The van der Waals surface area contributed by atoms with Crippen LogP contribution in [0.25, 0.3) is 0 Å². The summed E-state index contributed by atoms with van der Waals surface area (Å²) in [5.74, 6) is 0.145. The molecule has 0 saturated heterocycles. The first-order valence-electron chi connectivity index (χ1n) is 6.14. The van der Waals surface area contributed by atoms with Crippen LogP contribution in [0, 0.1) is 0 Å². The monoisotopic (exact) mass is 248 g/mol. The van der Waals surface area contributed by atoms with Gasteiger partial charge in [0.1, 0.15) is 0 Å². The summed E-state index contributed by atoms with van der Waals surface area (Å²) >= 11 is 0. The lowest BCUT2D eigenvalue weighted by Gasteiger charge is -2.17. The molecule has 0 aromatic heterocycles. The van der Waals surface area contributed by atoms with E-state index in [0.717, 1.165) is 23.5 Å². The molecule has 1 aromatic carbocycles. The molecule has 18 heavy (non-hydrogen) atoms. The van der Waals surface area contributed by atoms with E-state index in [1.54, 1.807) is 12.0 Å². The molecule has 0 spiro atoms. The highest BCUT2D eigenvalue weighted by molar-refractivity contribution is 6.07. The predicted octanol–water partition coefficient (Wildman–Crippen LogP) is 2.00. The zero-order valence-electron chi connectivity index (χ0n) is 11.4. The molecule has 0 unspecified atom stereocenters. The standard InChI is InChI=1S/C14H20N2O2/c1-14(2)11-9-10(15-7-8-18-4)5-6-12(11)16(3)13(14)17/h5-6,9,15H,7-8H2,1-4H3. The molecule has 0 radical (unpaired) electrons. The number of fused-ring (bicyclic) bond motifs is 1. The number of hydrogen-bond acceptors (Lipinski definition) is 3. The average molecular weight is 248 g/mol. The Labute approximate surface area is 108 Å². The molecule has 2 rings (SSSR count). The minimum Gasteiger partial charge on any atom is -0.383 e. The highest BCUT2D eigenvalue weighted by Crippen LogP contribution is 2.41. The number of likely N-dealkylation sites (N-methyl/N-ethyl adjacent to an activating group) is 1. The molecule has 1 aliphatic rings. The number of nitrogens with one attached hydrogen (secondary N) is 1. The van der Waals surface area contributed by atoms with Gasteiger partial charge >= 0.3 is 0 Å². The average Bonchev–Trinajstić information content (AvgIpc) is 2.52. The van der Waals surface area contributed by atoms with Gasteiger partial charge in [0.25, 0.3) is 0 Å². The predicted molar refractivity (Wildman–Crippen MR) is 73.2 cm³/mol. The number of hydrogen-bond donors (Lipinski definition) is 1. The van der Waals surface area contributed by atoms with E-state index in [4.69, 9.17) is 4.74 Å². The van der Waals surface area contributed by atoms with Crippen molar-refractivity contribution in [3.63, 3.8) is 0 Å². The Hall–Kier alpha value is -1.55. The first-order chi connectivity index (χ1) is 8.48. The van der Waals surface area contributed by atoms with Crippen molar-refractivity contribution < 1.29 is 9.53 Å². The van der Waals surface area contributed by atoms with Crippen LogP contribution in [-0.4, -0.2) is 33.2 Å². The van der Waals surface area contributed by atoms with Crippen LogP contribution < -0.4 is 10.2 Å². The van der Waals surface area contributed by atoms with E-state index in [2.05, 4.69) is 11.4 Å². The first-order valence-corrected chi connectivity index (χ1v) is 6.14. The van der Waals surface area contributed by atoms with Gasteiger partial charge in [0.05, 0.1) is 12.0 Å². The fraction of sp³-hybridized carbons (Fsp3) is 0.500. The number of carbonyl (C=O) groups is 1. The Morgan fingerprint density at radius 2 is 2.11 bits per heavy atom. The van der Waals surface area contributed by atoms with Gasteiger partial charge in [-0.2, -0.15) is 0 Å². The minimum absolute atomic E-state index is 0.145. The van der Waals surface area contributed by atoms with Crippen molar-refractivity contribution in [2.75, 3.05) is 37.5 Å². The molecule has 0 saturated carbocycles. The second-order valence-corrected chi connectivity index (χ2v) is 5.14. The smallest absolute Gasteiger partial charge is 0.236 e. The molecule has 1 aromatic rings. The summed E-state index contributed by atoms with van der Waals surface area (Å²) in [6.45, 7) is 5.37. The fourth-order valence-electron chi connectivity index (χ4n) is 2.38. The molecule has 98 valence electrons. The highest BCUT2D eigenvalue weighted by Gasteiger charge is 2.42. The van der Waals surface area contributed by atoms with Gasteiger partial charge < -0.3 is 15.0 Å². The number of carbonyl (C=O) groups excluding carboxylic acids is 1. The van der Waals surface area contributed by atoms with Crippen molar-refractivity contribution in [3.8, 4) is 0 Å². The number of ether oxygens (including phenoxy) is 1. The van der Waals surface area contributed by atoms with Gasteiger partial charge in [-0.05, 0) is 37.6 Å². The van der Waals surface area contributed by atoms with Crippen LogP contribution in [0.1, 0.15) is 19.4 Å². The largest absolute Gasteiger partial charge is 0.383 e. The maximum Gasteiger partial charge on any atom is 0.236 e. The van der Waals surface area contributed by atoms with Crippen molar-refractivity contribution in [1.29, 1.82) is 0 Å². The van der Waals surface area contributed by atoms with E-state index in [9.17, 15) is 4.79 Å². The molecule has 1 aliphatic heterocycles. The van der Waals surface area contributed by atoms with E-state index in [1.165, 1.54) is 0 Å². The number of benzene rings is 1. The Balaban J connectivity index is 2.27. The topological polar surface area (TPSA) is 41.6 Å². The van der Waals surface area contributed by atoms with Crippen LogP contribution in [0.3, 0.4) is 0 Å². The second kappa shape index (κ2) is 4.61. The molecule has 4 nitrogen and oxygen atoms in total. The lowest BCUT2D eigenvalue weighted by molar-refractivity contribution is -0.121. The molecule has 1 amide bonds. The van der Waals surface area contributed by atoms with Gasteiger partial charge in [0, 0.05) is 32.1 Å². The van der Waals surface area contributed by atoms with Crippen LogP contribution in [0.2, 0.25) is 0 Å². The van der Waals surface area contributed by atoms with E-state index in [-0.39, 0.29) is 5.91 Å². The second-order valence-electron chi connectivity index (χ2n) is 5.14. The summed E-state index contributed by atoms with van der Waals surface area (Å²) in [5.41, 5.74) is 2.67. The van der Waals surface area contributed by atoms with Crippen molar-refractivity contribution in [2.45, 2.75) is 19.3 Å². The van der Waals surface area contributed by atoms with Crippen molar-refractivity contribution in [2.24, 2.45) is 0 Å². The van der Waals surface area contributed by atoms with Crippen LogP contribution in [0.4, 0.5) is 11.4 Å². The van der Waals surface area contributed by atoms with E-state index < -0.39 is 5.41 Å². The number of rotatable bonds is 4. The summed E-state index contributed by atoms with van der Waals surface area (Å²) in [6, 6.07) is 6.06. The SMILES string of the molecule is COCCNc1ccc2c(c1)C(C)(C)C(=O)N2C. The quantitative estimate of drug-likeness (QED) is 0.829. The zero-order chi connectivity index (χ0) is 13.3. The first kappa shape index (κ1) is 12.9. The van der Waals surface area contributed by atoms with Crippen molar-refractivity contribution >= 4 is 17.3 Å². The van der Waals surface area contributed by atoms with Crippen LogP contribution in [-0.2, 0) is 14.9 Å². The maximum atomic E-state index is 12.1. The summed E-state index contributed by atoms with van der Waals surface area (Å²) in [7, 11) is 3.51. The lowest BCUT2D eigenvalue weighted by Crippen LogP contribution is -2.33. The van der Waals surface area contributed by atoms with E-state index >= 15 is 0 Å². The fourth-order valence-corrected chi connectivity index (χ4v) is 2.38. The summed E-state index contributed by atoms with van der Waals surface area (Å²) in [4.78, 5) is 13.9. The molecule has 0 atom stereocenters. The molecule has 0 aliphatic carbocycles. The number of methoxy groups -OCH3 is 1. The van der Waals surface area contributed by atoms with E-state index in [1.807, 2.05) is 33.0 Å². The summed E-state index contributed by atoms with van der Waals surface area (Å²) in [5, 5.41) is 3.29. The molecule has 1 N–H and O–H groups in total. The molecular weight excluding hydrogens is 228 g/mol. The number of anilines is 2. The van der Waals surface area contributed by atoms with Gasteiger partial charge in [-0.25, -0.2) is 0 Å². The maximum absolute atomic E-state index is 12.1. The number of nitrogens with zero attached hydrogens (tertiary/aromatic N) is 1. The third-order valence-electron chi connectivity index (χ3n) is 3.51. The molecule has 0 bridgehead atoms. The normalized spacial score (nSPS) is 16.9. The van der Waals surface area contributed by atoms with Gasteiger partial charge in [-0.3, -0.25) is 4.79 Å². The van der Waals surface area contributed by atoms with Crippen molar-refractivity contribution in [3.05, 3.63) is 23.8 Å². The molecule has 0 fully saturated rings. The van der Waals surface area contributed by atoms with E-state index in [0.29, 0.717) is 6.61 Å². The third-order valence-corrected chi connectivity index (χ3v) is 3.51. The Kier molecular flexibility index (Phi) is 3.30. The molecule has 4 heteroatoms. The highest BCUT2D eigenvalue weighted by atomic mass is 16.5. The Morgan fingerprint density at radius 3 is 2.78 bits per heavy atom. The lowest BCUT2D eigenvalue weighted by atomic mass is 9.86. The summed E-state index contributed by atoms with van der Waals surface area (Å²) < 4.78 is 5.01. The van der Waals surface area contributed by atoms with Crippen molar-refractivity contribution in [1.82, 2.24) is 0 Å². The molecule has 1 heterocycles. The van der Waals surface area contributed by atoms with Gasteiger partial charge in [0.15, 0.2) is 0 Å². The Morgan fingerprint density at radius 1 is 1.39 bits per heavy atom. The summed E-state index contributed by atoms with van der Waals surface area (Å²) in [6.07, 6.45) is 0. The van der Waals surface area contributed by atoms with Crippen LogP contribution in [0.15, 0.2) is 18.2 Å².